The molecule has 1 fully saturated rings. The van der Waals surface area contributed by atoms with E-state index in [9.17, 15) is 9.90 Å². The minimum absolute atomic E-state index is 0.0926. The summed E-state index contributed by atoms with van der Waals surface area (Å²) in [5.41, 5.74) is 3.68. The molecule has 0 bridgehead atoms. The molecule has 0 spiro atoms. The van der Waals surface area contributed by atoms with Gasteiger partial charge in [0.2, 0.25) is 5.91 Å². The highest BCUT2D eigenvalue weighted by Gasteiger charge is 2.35. The van der Waals surface area contributed by atoms with Gasteiger partial charge in [0.25, 0.3) is 0 Å². The lowest BCUT2D eigenvalue weighted by Crippen LogP contribution is -2.44. The minimum atomic E-state index is -0.0926. The van der Waals surface area contributed by atoms with Crippen molar-refractivity contribution in [3.05, 3.63) is 28.6 Å². The normalized spacial score (nSPS) is 21.6. The van der Waals surface area contributed by atoms with Crippen LogP contribution in [-0.4, -0.2) is 42.0 Å². The maximum absolute atomic E-state index is 12.3. The number of carbonyl (C=O) groups is 1. The highest BCUT2D eigenvalue weighted by atomic mass is 16.3. The molecule has 2 heterocycles. The molecule has 2 aliphatic carbocycles. The molecule has 1 saturated carbocycles. The Morgan fingerprint density at radius 2 is 2.11 bits per heavy atom. The molecular weight excluding hydrogens is 344 g/mol. The van der Waals surface area contributed by atoms with Gasteiger partial charge in [0, 0.05) is 37.0 Å². The maximum atomic E-state index is 12.3. The first kappa shape index (κ1) is 18.2. The van der Waals surface area contributed by atoms with Gasteiger partial charge in [-0.3, -0.25) is 9.89 Å². The van der Waals surface area contributed by atoms with E-state index in [0.29, 0.717) is 24.6 Å². The molecule has 1 amide bonds. The van der Waals surface area contributed by atoms with E-state index in [-0.39, 0.29) is 18.6 Å². The first-order valence-electron chi connectivity index (χ1n) is 10.1. The second-order valence-corrected chi connectivity index (χ2v) is 7.64. The maximum Gasteiger partial charge on any atom is 0.220 e. The predicted octanol–water partition coefficient (Wildman–Crippen LogP) is 1.39. The van der Waals surface area contributed by atoms with Gasteiger partial charge in [-0.15, -0.1) is 10.2 Å². The number of hydrogen-bond donors (Lipinski definition) is 3. The molecule has 0 unspecified atom stereocenters. The molecule has 4 rings (SSSR count). The second kappa shape index (κ2) is 7.80. The Morgan fingerprint density at radius 1 is 1.30 bits per heavy atom. The molecule has 0 aliphatic heterocycles. The van der Waals surface area contributed by atoms with E-state index in [1.165, 1.54) is 24.1 Å². The van der Waals surface area contributed by atoms with Crippen LogP contribution in [0.2, 0.25) is 0 Å². The van der Waals surface area contributed by atoms with Crippen LogP contribution in [0.1, 0.15) is 73.5 Å². The van der Waals surface area contributed by atoms with Crippen molar-refractivity contribution in [3.8, 4) is 0 Å². The van der Waals surface area contributed by atoms with Crippen LogP contribution in [0.25, 0.3) is 0 Å². The number of aliphatic hydroxyl groups is 1. The Bertz CT molecular complexity index is 805. The van der Waals surface area contributed by atoms with Crippen molar-refractivity contribution in [2.75, 3.05) is 0 Å². The molecular formula is C19H28N6O2. The molecule has 2 aromatic rings. The third-order valence-corrected chi connectivity index (χ3v) is 5.91. The summed E-state index contributed by atoms with van der Waals surface area (Å²) in [4.78, 5) is 12.3. The number of amides is 1. The van der Waals surface area contributed by atoms with Crippen molar-refractivity contribution in [1.29, 1.82) is 0 Å². The number of rotatable bonds is 7. The van der Waals surface area contributed by atoms with Crippen LogP contribution < -0.4 is 5.32 Å². The fraction of sp³-hybridized carbons (Fsp3) is 0.684. The quantitative estimate of drug-likeness (QED) is 0.680. The predicted molar refractivity (Wildman–Crippen MR) is 99.1 cm³/mol. The largest absolute Gasteiger partial charge is 0.388 e. The van der Waals surface area contributed by atoms with Crippen molar-refractivity contribution in [1.82, 2.24) is 30.3 Å². The van der Waals surface area contributed by atoms with Gasteiger partial charge >= 0.3 is 0 Å². The first-order valence-corrected chi connectivity index (χ1v) is 10.1. The van der Waals surface area contributed by atoms with Gasteiger partial charge in [0.05, 0.1) is 5.69 Å². The molecule has 0 radical (unpaired) electrons. The smallest absolute Gasteiger partial charge is 0.220 e. The summed E-state index contributed by atoms with van der Waals surface area (Å²) in [5, 5.41) is 28.3. The molecule has 27 heavy (non-hydrogen) atoms. The fourth-order valence-corrected chi connectivity index (χ4v) is 4.35. The summed E-state index contributed by atoms with van der Waals surface area (Å²) in [6.07, 6.45) is 7.56. The van der Waals surface area contributed by atoms with Crippen LogP contribution in [0.3, 0.4) is 0 Å². The standard InChI is InChI=1S/C19H28N6O2/c1-2-25-17(11-26)23-24-19(25)12-9-13(10-12)20-18(27)8-7-16-14-5-3-4-6-15(14)21-22-16/h12-13,26H,2-11H2,1H3,(H,20,27)(H,21,22). The Hall–Kier alpha value is -2.22. The highest BCUT2D eigenvalue weighted by Crippen LogP contribution is 2.36. The Labute approximate surface area is 158 Å². The number of nitrogens with one attached hydrogen (secondary N) is 2. The first-order chi connectivity index (χ1) is 13.2. The SMILES string of the molecule is CCn1c(CO)nnc1C1CC(NC(=O)CCc2n[nH]c3c2CCCC3)C1. The van der Waals surface area contributed by atoms with Crippen molar-refractivity contribution >= 4 is 5.91 Å². The van der Waals surface area contributed by atoms with Crippen LogP contribution in [0.4, 0.5) is 0 Å². The number of fused-ring (bicyclic) bond motifs is 1. The van der Waals surface area contributed by atoms with Crippen molar-refractivity contribution < 1.29 is 9.90 Å². The molecule has 0 atom stereocenters. The van der Waals surface area contributed by atoms with E-state index in [1.807, 2.05) is 11.5 Å². The van der Waals surface area contributed by atoms with Gasteiger partial charge < -0.3 is 15.0 Å². The zero-order valence-corrected chi connectivity index (χ0v) is 15.9. The number of H-pyrrole nitrogens is 1. The van der Waals surface area contributed by atoms with E-state index in [0.717, 1.165) is 43.7 Å². The monoisotopic (exact) mass is 372 g/mol. The number of aliphatic hydroxyl groups excluding tert-OH is 1. The second-order valence-electron chi connectivity index (χ2n) is 7.64. The van der Waals surface area contributed by atoms with E-state index >= 15 is 0 Å². The van der Waals surface area contributed by atoms with Crippen molar-refractivity contribution in [2.45, 2.75) is 83.4 Å². The molecule has 3 N–H and O–H groups in total. The Balaban J connectivity index is 1.25. The number of aromatic amines is 1. The number of hydrogen-bond acceptors (Lipinski definition) is 5. The zero-order chi connectivity index (χ0) is 18.8. The van der Waals surface area contributed by atoms with Gasteiger partial charge in [-0.25, -0.2) is 0 Å². The lowest BCUT2D eigenvalue weighted by molar-refractivity contribution is -0.122. The summed E-state index contributed by atoms with van der Waals surface area (Å²) in [7, 11) is 0. The van der Waals surface area contributed by atoms with Crippen LogP contribution in [-0.2, 0) is 37.2 Å². The third-order valence-electron chi connectivity index (χ3n) is 5.91. The van der Waals surface area contributed by atoms with Gasteiger partial charge in [-0.1, -0.05) is 0 Å². The van der Waals surface area contributed by atoms with Crippen molar-refractivity contribution in [2.24, 2.45) is 0 Å². The van der Waals surface area contributed by atoms with Crippen LogP contribution in [0.15, 0.2) is 0 Å². The fourth-order valence-electron chi connectivity index (χ4n) is 4.35. The summed E-state index contributed by atoms with van der Waals surface area (Å²) in [6.45, 7) is 2.68. The van der Waals surface area contributed by atoms with Gasteiger partial charge in [-0.2, -0.15) is 5.10 Å². The third kappa shape index (κ3) is 3.63. The Kier molecular flexibility index (Phi) is 5.24. The molecule has 0 saturated heterocycles. The topological polar surface area (TPSA) is 109 Å². The van der Waals surface area contributed by atoms with E-state index in [1.54, 1.807) is 0 Å². The highest BCUT2D eigenvalue weighted by molar-refractivity contribution is 5.76. The number of carbonyl (C=O) groups excluding carboxylic acids is 1. The molecule has 2 aliphatic rings. The number of aromatic nitrogens is 5. The molecule has 8 heteroatoms. The number of nitrogens with zero attached hydrogens (tertiary/aromatic N) is 4. The lowest BCUT2D eigenvalue weighted by Gasteiger charge is -2.35. The summed E-state index contributed by atoms with van der Waals surface area (Å²) < 4.78 is 1.98. The zero-order valence-electron chi connectivity index (χ0n) is 15.9. The van der Waals surface area contributed by atoms with Crippen LogP contribution in [0.5, 0.6) is 0 Å². The van der Waals surface area contributed by atoms with Crippen molar-refractivity contribution in [3.63, 3.8) is 0 Å². The molecule has 0 aromatic carbocycles. The molecule has 146 valence electrons. The number of aryl methyl sites for hydroxylation is 2. The minimum Gasteiger partial charge on any atom is -0.388 e. The summed E-state index contributed by atoms with van der Waals surface area (Å²) >= 11 is 0. The van der Waals surface area contributed by atoms with Gasteiger partial charge in [0.15, 0.2) is 5.82 Å². The molecule has 2 aromatic heterocycles. The summed E-state index contributed by atoms with van der Waals surface area (Å²) in [5.74, 6) is 1.94. The lowest BCUT2D eigenvalue weighted by atomic mass is 9.79. The van der Waals surface area contributed by atoms with E-state index < -0.39 is 0 Å². The van der Waals surface area contributed by atoms with Crippen LogP contribution >= 0.6 is 0 Å². The van der Waals surface area contributed by atoms with E-state index in [4.69, 9.17) is 0 Å². The summed E-state index contributed by atoms with van der Waals surface area (Å²) in [6, 6.07) is 0.204. The Morgan fingerprint density at radius 3 is 2.89 bits per heavy atom. The van der Waals surface area contributed by atoms with E-state index in [2.05, 4.69) is 25.7 Å². The molecule has 8 nitrogen and oxygen atoms in total. The average Bonchev–Trinajstić information content (AvgIpc) is 3.26. The average molecular weight is 372 g/mol. The van der Waals surface area contributed by atoms with Gasteiger partial charge in [-0.05, 0) is 51.0 Å². The van der Waals surface area contributed by atoms with Crippen LogP contribution in [0, 0.1) is 0 Å². The van der Waals surface area contributed by atoms with Gasteiger partial charge in [0.1, 0.15) is 12.4 Å².